The molecule has 1 heterocycles. The van der Waals surface area contributed by atoms with Gasteiger partial charge in [0.25, 0.3) is 11.5 Å². The number of aromatic nitrogens is 1. The number of hydrogen-bond donors (Lipinski definition) is 2. The number of aryl methyl sites for hydroxylation is 2. The van der Waals surface area contributed by atoms with Crippen LogP contribution in [0.3, 0.4) is 0 Å². The van der Waals surface area contributed by atoms with Crippen LogP contribution in [0.1, 0.15) is 57.8 Å². The van der Waals surface area contributed by atoms with Crippen molar-refractivity contribution in [2.75, 3.05) is 5.32 Å². The summed E-state index contributed by atoms with van der Waals surface area (Å²) in [5.74, 6) is -0.543. The summed E-state index contributed by atoms with van der Waals surface area (Å²) in [6.07, 6.45) is 1.02. The van der Waals surface area contributed by atoms with Crippen LogP contribution in [0.15, 0.2) is 29.1 Å². The average Bonchev–Trinajstić information content (AvgIpc) is 2.49. The van der Waals surface area contributed by atoms with Gasteiger partial charge in [-0.15, -0.1) is 0 Å². The van der Waals surface area contributed by atoms with Gasteiger partial charge in [0.1, 0.15) is 5.56 Å². The predicted octanol–water partition coefficient (Wildman–Crippen LogP) is 3.40. The Morgan fingerprint density at radius 2 is 1.84 bits per heavy atom. The first-order valence-corrected chi connectivity index (χ1v) is 8.34. The molecule has 130 valence electrons. The number of hydrogen-bond acceptors (Lipinski definition) is 3. The Morgan fingerprint density at radius 3 is 2.56 bits per heavy atom. The molecule has 0 radical (unpaired) electrons. The van der Waals surface area contributed by atoms with Crippen molar-refractivity contribution in [2.45, 2.75) is 40.5 Å². The Hall–Kier alpha value is -2.69. The third-order valence-corrected chi connectivity index (χ3v) is 4.60. The lowest BCUT2D eigenvalue weighted by Crippen LogP contribution is -2.32. The van der Waals surface area contributed by atoms with Crippen molar-refractivity contribution in [3.8, 4) is 0 Å². The van der Waals surface area contributed by atoms with Crippen molar-refractivity contribution in [1.82, 2.24) is 4.98 Å². The molecule has 1 aliphatic rings. The van der Waals surface area contributed by atoms with Crippen LogP contribution in [-0.4, -0.2) is 16.7 Å². The molecule has 1 aromatic heterocycles. The van der Waals surface area contributed by atoms with Crippen LogP contribution in [0.2, 0.25) is 0 Å². The van der Waals surface area contributed by atoms with Gasteiger partial charge in [-0.3, -0.25) is 14.4 Å². The van der Waals surface area contributed by atoms with Crippen molar-refractivity contribution in [1.29, 1.82) is 0 Å². The van der Waals surface area contributed by atoms with Gasteiger partial charge in [-0.25, -0.2) is 0 Å². The summed E-state index contributed by atoms with van der Waals surface area (Å²) in [6, 6.07) is 7.16. The molecule has 0 fully saturated rings. The number of anilines is 1. The highest BCUT2D eigenvalue weighted by atomic mass is 16.2. The zero-order valence-electron chi connectivity index (χ0n) is 14.9. The van der Waals surface area contributed by atoms with Crippen LogP contribution in [0.4, 0.5) is 5.69 Å². The molecular formula is C20H22N2O3. The number of pyridine rings is 1. The largest absolute Gasteiger partial charge is 0.325 e. The van der Waals surface area contributed by atoms with Crippen LogP contribution in [-0.2, 0) is 6.42 Å². The summed E-state index contributed by atoms with van der Waals surface area (Å²) in [6.45, 7) is 7.81. The first kappa shape index (κ1) is 17.1. The Balaban J connectivity index is 1.97. The molecule has 2 aromatic rings. The molecule has 2 N–H and O–H groups in total. The Labute approximate surface area is 146 Å². The monoisotopic (exact) mass is 338 g/mol. The smallest absolute Gasteiger partial charge is 0.261 e. The van der Waals surface area contributed by atoms with E-state index in [1.165, 1.54) is 6.07 Å². The number of H-pyrrole nitrogens is 1. The van der Waals surface area contributed by atoms with Crippen molar-refractivity contribution < 1.29 is 9.59 Å². The van der Waals surface area contributed by atoms with Gasteiger partial charge in [0.05, 0.1) is 0 Å². The van der Waals surface area contributed by atoms with Gasteiger partial charge in [0.2, 0.25) is 0 Å². The van der Waals surface area contributed by atoms with Crippen LogP contribution in [0, 0.1) is 19.3 Å². The maximum atomic E-state index is 12.6. The Kier molecular flexibility index (Phi) is 4.11. The van der Waals surface area contributed by atoms with Crippen molar-refractivity contribution in [3.63, 3.8) is 0 Å². The predicted molar refractivity (Wildman–Crippen MR) is 97.4 cm³/mol. The fourth-order valence-electron chi connectivity index (χ4n) is 3.26. The van der Waals surface area contributed by atoms with E-state index in [4.69, 9.17) is 0 Å². The minimum atomic E-state index is -0.504. The molecule has 25 heavy (non-hydrogen) atoms. The summed E-state index contributed by atoms with van der Waals surface area (Å²) in [5.41, 5.74) is 2.97. The summed E-state index contributed by atoms with van der Waals surface area (Å²) >= 11 is 0. The van der Waals surface area contributed by atoms with E-state index in [-0.39, 0.29) is 16.8 Å². The molecule has 5 heteroatoms. The van der Waals surface area contributed by atoms with Crippen LogP contribution in [0.25, 0.3) is 0 Å². The van der Waals surface area contributed by atoms with E-state index in [0.29, 0.717) is 29.8 Å². The van der Waals surface area contributed by atoms with Gasteiger partial charge in [-0.1, -0.05) is 26.0 Å². The lowest BCUT2D eigenvalue weighted by Gasteiger charge is -2.29. The van der Waals surface area contributed by atoms with Gasteiger partial charge in [-0.05, 0) is 48.9 Å². The van der Waals surface area contributed by atoms with Gasteiger partial charge in [0, 0.05) is 23.4 Å². The number of ketones is 1. The third-order valence-electron chi connectivity index (χ3n) is 4.60. The van der Waals surface area contributed by atoms with E-state index < -0.39 is 11.5 Å². The van der Waals surface area contributed by atoms with Gasteiger partial charge >= 0.3 is 0 Å². The van der Waals surface area contributed by atoms with E-state index in [9.17, 15) is 14.4 Å². The maximum absolute atomic E-state index is 12.6. The SMILES string of the molecule is Cc1ccc(C)c(NC(=O)c2cc3c([nH]c2=O)CC(C)(C)CC3=O)c1. The molecule has 3 rings (SSSR count). The lowest BCUT2D eigenvalue weighted by atomic mass is 9.75. The molecule has 5 nitrogen and oxygen atoms in total. The number of nitrogens with one attached hydrogen (secondary N) is 2. The fraction of sp³-hybridized carbons (Fsp3) is 0.350. The topological polar surface area (TPSA) is 79.0 Å². The summed E-state index contributed by atoms with van der Waals surface area (Å²) in [5, 5.41) is 2.78. The summed E-state index contributed by atoms with van der Waals surface area (Å²) in [4.78, 5) is 40.1. The molecule has 0 unspecified atom stereocenters. The third kappa shape index (κ3) is 3.40. The molecule has 0 bridgehead atoms. The molecule has 0 aliphatic heterocycles. The molecule has 0 spiro atoms. The number of benzene rings is 1. The highest BCUT2D eigenvalue weighted by Gasteiger charge is 2.32. The second-order valence-electron chi connectivity index (χ2n) is 7.62. The van der Waals surface area contributed by atoms with Crippen LogP contribution < -0.4 is 10.9 Å². The van der Waals surface area contributed by atoms with Gasteiger partial charge in [-0.2, -0.15) is 0 Å². The number of fused-ring (bicyclic) bond motifs is 1. The second kappa shape index (κ2) is 5.99. The van der Waals surface area contributed by atoms with Crippen LogP contribution >= 0.6 is 0 Å². The molecule has 1 aliphatic carbocycles. The molecule has 1 amide bonds. The van der Waals surface area contributed by atoms with Crippen molar-refractivity contribution in [2.24, 2.45) is 5.41 Å². The molecule has 1 aromatic carbocycles. The van der Waals surface area contributed by atoms with E-state index in [0.717, 1.165) is 11.1 Å². The number of amides is 1. The maximum Gasteiger partial charge on any atom is 0.261 e. The molecule has 0 saturated heterocycles. The Morgan fingerprint density at radius 1 is 1.12 bits per heavy atom. The van der Waals surface area contributed by atoms with E-state index in [1.54, 1.807) is 0 Å². The lowest BCUT2D eigenvalue weighted by molar-refractivity contribution is 0.0910. The zero-order chi connectivity index (χ0) is 18.4. The number of Topliss-reactive ketones (excluding diaryl/α,β-unsaturated/α-hetero) is 1. The van der Waals surface area contributed by atoms with Crippen molar-refractivity contribution in [3.05, 3.63) is 62.6 Å². The molecule has 0 atom stereocenters. The van der Waals surface area contributed by atoms with Crippen LogP contribution in [0.5, 0.6) is 0 Å². The zero-order valence-corrected chi connectivity index (χ0v) is 14.9. The Bertz CT molecular complexity index is 938. The highest BCUT2D eigenvalue weighted by Crippen LogP contribution is 2.33. The minimum Gasteiger partial charge on any atom is -0.325 e. The van der Waals surface area contributed by atoms with E-state index >= 15 is 0 Å². The second-order valence-corrected chi connectivity index (χ2v) is 7.62. The number of aromatic amines is 1. The number of carbonyl (C=O) groups is 2. The number of rotatable bonds is 2. The standard InChI is InChI=1S/C20H22N2O3/c1-11-5-6-12(2)15(7-11)21-18(24)14-8-13-16(22-19(14)25)9-20(3,4)10-17(13)23/h5-8H,9-10H2,1-4H3,(H,21,24)(H,22,25). The van der Waals surface area contributed by atoms with Crippen molar-refractivity contribution >= 4 is 17.4 Å². The first-order valence-electron chi connectivity index (χ1n) is 8.34. The molecule has 0 saturated carbocycles. The average molecular weight is 338 g/mol. The first-order chi connectivity index (χ1) is 11.7. The van der Waals surface area contributed by atoms with Gasteiger partial charge in [0.15, 0.2) is 5.78 Å². The summed E-state index contributed by atoms with van der Waals surface area (Å²) < 4.78 is 0. The van der Waals surface area contributed by atoms with Gasteiger partial charge < -0.3 is 10.3 Å². The minimum absolute atomic E-state index is 0.0345. The number of carbonyl (C=O) groups excluding carboxylic acids is 2. The summed E-state index contributed by atoms with van der Waals surface area (Å²) in [7, 11) is 0. The van der Waals surface area contributed by atoms with E-state index in [1.807, 2.05) is 45.9 Å². The quantitative estimate of drug-likeness (QED) is 0.881. The highest BCUT2D eigenvalue weighted by molar-refractivity contribution is 6.07. The van der Waals surface area contributed by atoms with E-state index in [2.05, 4.69) is 10.3 Å². The molecular weight excluding hydrogens is 316 g/mol. The fourth-order valence-corrected chi connectivity index (χ4v) is 3.26. The normalized spacial score (nSPS) is 15.6.